The highest BCUT2D eigenvalue weighted by atomic mass is 16.5. The summed E-state index contributed by atoms with van der Waals surface area (Å²) in [7, 11) is 1.63. The van der Waals surface area contributed by atoms with E-state index in [1.165, 1.54) is 0 Å². The molecule has 0 spiro atoms. The van der Waals surface area contributed by atoms with Crippen molar-refractivity contribution in [1.29, 1.82) is 0 Å². The number of ether oxygens (including phenoxy) is 2. The van der Waals surface area contributed by atoms with Crippen LogP contribution < -0.4 is 4.74 Å². The van der Waals surface area contributed by atoms with Gasteiger partial charge in [-0.15, -0.1) is 0 Å². The lowest BCUT2D eigenvalue weighted by molar-refractivity contribution is -0.0373. The normalized spacial score (nSPS) is 17.5. The summed E-state index contributed by atoms with van der Waals surface area (Å²) in [5.41, 5.74) is 0.941. The lowest BCUT2D eigenvalue weighted by atomic mass is 10.0. The topological polar surface area (TPSA) is 51.7 Å². The number of hydrogen-bond donors (Lipinski definition) is 0. The number of methoxy groups -OCH3 is 1. The van der Waals surface area contributed by atoms with Gasteiger partial charge in [0, 0.05) is 11.9 Å². The zero-order valence-electron chi connectivity index (χ0n) is 13.1. The largest absolute Gasteiger partial charge is 0.497 e. The predicted molar refractivity (Wildman–Crippen MR) is 84.2 cm³/mol. The third-order valence-corrected chi connectivity index (χ3v) is 4.01. The molecule has 2 heterocycles. The van der Waals surface area contributed by atoms with Crippen LogP contribution in [0.1, 0.15) is 24.3 Å². The quantitative estimate of drug-likeness (QED) is 0.855. The fourth-order valence-corrected chi connectivity index (χ4v) is 2.72. The highest BCUT2D eigenvalue weighted by molar-refractivity contribution is 5.95. The molecule has 1 aromatic carbocycles. The van der Waals surface area contributed by atoms with E-state index in [0.29, 0.717) is 25.5 Å². The Balaban J connectivity index is 1.94. The Bertz CT molecular complexity index is 712. The minimum absolute atomic E-state index is 0.0500. The molecule has 0 unspecified atom stereocenters. The van der Waals surface area contributed by atoms with Gasteiger partial charge in [0.25, 0.3) is 5.91 Å². The monoisotopic (exact) mass is 300 g/mol. The van der Waals surface area contributed by atoms with Gasteiger partial charge in [-0.2, -0.15) is 0 Å². The number of nitrogens with zero attached hydrogens (tertiary/aromatic N) is 2. The van der Waals surface area contributed by atoms with Gasteiger partial charge in [0.05, 0.1) is 31.4 Å². The molecular formula is C17H20N2O3. The molecule has 1 aliphatic rings. The molecular weight excluding hydrogens is 280 g/mol. The van der Waals surface area contributed by atoms with E-state index in [9.17, 15) is 4.79 Å². The molecule has 0 N–H and O–H groups in total. The maximum absolute atomic E-state index is 12.8. The van der Waals surface area contributed by atoms with Crippen molar-refractivity contribution in [2.75, 3.05) is 26.9 Å². The van der Waals surface area contributed by atoms with Crippen LogP contribution in [-0.2, 0) is 4.74 Å². The van der Waals surface area contributed by atoms with E-state index in [0.717, 1.165) is 16.7 Å². The summed E-state index contributed by atoms with van der Waals surface area (Å²) in [6, 6.07) is 9.31. The number of rotatable bonds is 2. The van der Waals surface area contributed by atoms with E-state index in [2.05, 4.69) is 4.98 Å². The number of morpholine rings is 1. The van der Waals surface area contributed by atoms with Crippen molar-refractivity contribution in [1.82, 2.24) is 9.88 Å². The van der Waals surface area contributed by atoms with Crippen molar-refractivity contribution >= 4 is 16.8 Å². The first-order chi connectivity index (χ1) is 10.5. The highest BCUT2D eigenvalue weighted by Gasteiger charge is 2.35. The molecule has 1 amide bonds. The van der Waals surface area contributed by atoms with Crippen LogP contribution in [0.4, 0.5) is 0 Å². The lowest BCUT2D eigenvalue weighted by Crippen LogP contribution is -2.55. The molecule has 0 bridgehead atoms. The van der Waals surface area contributed by atoms with Crippen LogP contribution in [0.15, 0.2) is 30.3 Å². The van der Waals surface area contributed by atoms with Gasteiger partial charge in [0.2, 0.25) is 0 Å². The van der Waals surface area contributed by atoms with Crippen LogP contribution in [0.2, 0.25) is 0 Å². The minimum atomic E-state index is -0.314. The Hall–Kier alpha value is -2.14. The number of hydrogen-bond acceptors (Lipinski definition) is 4. The van der Waals surface area contributed by atoms with Crippen molar-refractivity contribution in [2.45, 2.75) is 19.4 Å². The number of carbonyl (C=O) groups is 1. The summed E-state index contributed by atoms with van der Waals surface area (Å²) >= 11 is 0. The second kappa shape index (κ2) is 5.57. The molecule has 22 heavy (non-hydrogen) atoms. The molecule has 5 nitrogen and oxygen atoms in total. The first-order valence-corrected chi connectivity index (χ1v) is 7.36. The number of benzene rings is 1. The smallest absolute Gasteiger partial charge is 0.273 e. The minimum Gasteiger partial charge on any atom is -0.497 e. The number of amides is 1. The lowest BCUT2D eigenvalue weighted by Gasteiger charge is -2.41. The number of aromatic nitrogens is 1. The van der Waals surface area contributed by atoms with Crippen molar-refractivity contribution in [3.63, 3.8) is 0 Å². The van der Waals surface area contributed by atoms with E-state index in [-0.39, 0.29) is 11.4 Å². The summed E-state index contributed by atoms with van der Waals surface area (Å²) < 4.78 is 10.7. The molecule has 3 rings (SSSR count). The second-order valence-electron chi connectivity index (χ2n) is 6.08. The van der Waals surface area contributed by atoms with E-state index < -0.39 is 0 Å². The Labute approximate surface area is 129 Å². The van der Waals surface area contributed by atoms with Crippen LogP contribution in [-0.4, -0.2) is 48.2 Å². The average molecular weight is 300 g/mol. The van der Waals surface area contributed by atoms with Crippen molar-refractivity contribution < 1.29 is 14.3 Å². The average Bonchev–Trinajstić information content (AvgIpc) is 2.52. The predicted octanol–water partition coefficient (Wildman–Crippen LogP) is 2.49. The fourth-order valence-electron chi connectivity index (χ4n) is 2.72. The molecule has 1 aliphatic heterocycles. The molecule has 5 heteroatoms. The Kier molecular flexibility index (Phi) is 3.74. The van der Waals surface area contributed by atoms with Crippen molar-refractivity contribution in [2.24, 2.45) is 0 Å². The molecule has 116 valence electrons. The van der Waals surface area contributed by atoms with E-state index >= 15 is 0 Å². The molecule has 1 fully saturated rings. The third kappa shape index (κ3) is 2.64. The maximum Gasteiger partial charge on any atom is 0.273 e. The molecule has 0 radical (unpaired) electrons. The van der Waals surface area contributed by atoms with Gasteiger partial charge in [0.15, 0.2) is 0 Å². The summed E-state index contributed by atoms with van der Waals surface area (Å²) in [5.74, 6) is 0.730. The second-order valence-corrected chi connectivity index (χ2v) is 6.08. The van der Waals surface area contributed by atoms with Crippen LogP contribution >= 0.6 is 0 Å². The van der Waals surface area contributed by atoms with Crippen LogP contribution in [0.25, 0.3) is 10.9 Å². The summed E-state index contributed by atoms with van der Waals surface area (Å²) in [6.07, 6.45) is 0. The fraction of sp³-hybridized carbons (Fsp3) is 0.412. The Morgan fingerprint density at radius 1 is 1.32 bits per heavy atom. The van der Waals surface area contributed by atoms with Gasteiger partial charge in [-0.05, 0) is 38.1 Å². The van der Waals surface area contributed by atoms with Crippen molar-refractivity contribution in [3.8, 4) is 5.75 Å². The van der Waals surface area contributed by atoms with Gasteiger partial charge >= 0.3 is 0 Å². The molecule has 2 aromatic rings. The first-order valence-electron chi connectivity index (χ1n) is 7.36. The summed E-state index contributed by atoms with van der Waals surface area (Å²) in [5, 5.41) is 0.956. The van der Waals surface area contributed by atoms with Gasteiger partial charge in [-0.25, -0.2) is 4.98 Å². The van der Waals surface area contributed by atoms with Gasteiger partial charge < -0.3 is 14.4 Å². The zero-order chi connectivity index (χ0) is 15.7. The molecule has 1 aromatic heterocycles. The van der Waals surface area contributed by atoms with Gasteiger partial charge in [-0.1, -0.05) is 6.07 Å². The summed E-state index contributed by atoms with van der Waals surface area (Å²) in [6.45, 7) is 5.73. The molecule has 0 aliphatic carbocycles. The molecule has 0 atom stereocenters. The van der Waals surface area contributed by atoms with Gasteiger partial charge in [0.1, 0.15) is 11.4 Å². The van der Waals surface area contributed by atoms with E-state index in [1.54, 1.807) is 13.2 Å². The van der Waals surface area contributed by atoms with Crippen molar-refractivity contribution in [3.05, 3.63) is 36.0 Å². The molecule has 0 saturated carbocycles. The first kappa shape index (κ1) is 14.8. The van der Waals surface area contributed by atoms with Crippen LogP contribution in [0.5, 0.6) is 5.75 Å². The van der Waals surface area contributed by atoms with Gasteiger partial charge in [-0.3, -0.25) is 4.79 Å². The number of fused-ring (bicyclic) bond motifs is 1. The Morgan fingerprint density at radius 2 is 2.14 bits per heavy atom. The maximum atomic E-state index is 12.8. The SMILES string of the molecule is COc1ccc2nc(C(=O)N3CCOCC3(C)C)ccc2c1. The third-order valence-electron chi connectivity index (χ3n) is 4.01. The van der Waals surface area contributed by atoms with E-state index in [1.807, 2.05) is 43.0 Å². The van der Waals surface area contributed by atoms with Crippen LogP contribution in [0, 0.1) is 0 Å². The van der Waals surface area contributed by atoms with E-state index in [4.69, 9.17) is 9.47 Å². The highest BCUT2D eigenvalue weighted by Crippen LogP contribution is 2.23. The summed E-state index contributed by atoms with van der Waals surface area (Å²) in [4.78, 5) is 19.1. The standard InChI is InChI=1S/C17H20N2O3/c1-17(2)11-22-9-8-19(17)16(20)15-6-4-12-10-13(21-3)5-7-14(12)18-15/h4-7,10H,8-9,11H2,1-3H3. The number of carbonyl (C=O) groups excluding carboxylic acids is 1. The number of pyridine rings is 1. The van der Waals surface area contributed by atoms with Crippen LogP contribution in [0.3, 0.4) is 0 Å². The molecule has 1 saturated heterocycles. The zero-order valence-corrected chi connectivity index (χ0v) is 13.1. The Morgan fingerprint density at radius 3 is 2.86 bits per heavy atom.